The minimum absolute atomic E-state index is 0.419. The highest BCUT2D eigenvalue weighted by Crippen LogP contribution is 2.19. The fourth-order valence-electron chi connectivity index (χ4n) is 1.44. The summed E-state index contributed by atoms with van der Waals surface area (Å²) in [7, 11) is 0. The summed E-state index contributed by atoms with van der Waals surface area (Å²) in [6.07, 6.45) is 0. The third-order valence-electron chi connectivity index (χ3n) is 2.42. The van der Waals surface area contributed by atoms with Crippen molar-refractivity contribution in [2.45, 2.75) is 6.92 Å². The number of hydrogen-bond acceptors (Lipinski definition) is 2. The summed E-state index contributed by atoms with van der Waals surface area (Å²) in [6.45, 7) is 1.83. The largest absolute Gasteiger partial charge is 0.423 e. The van der Waals surface area contributed by atoms with E-state index in [9.17, 15) is 4.79 Å². The van der Waals surface area contributed by atoms with Crippen LogP contribution in [0.1, 0.15) is 15.9 Å². The first-order valence-electron chi connectivity index (χ1n) is 5.30. The Kier molecular flexibility index (Phi) is 3.90. The summed E-state index contributed by atoms with van der Waals surface area (Å²) in [5.41, 5.74) is 1.30. The number of carbonyl (C=O) groups is 1. The van der Waals surface area contributed by atoms with Gasteiger partial charge in [-0.1, -0.05) is 23.2 Å². The van der Waals surface area contributed by atoms with Crippen LogP contribution in [-0.2, 0) is 0 Å². The molecule has 0 heterocycles. The smallest absolute Gasteiger partial charge is 0.343 e. The van der Waals surface area contributed by atoms with E-state index in [1.807, 2.05) is 6.92 Å². The van der Waals surface area contributed by atoms with Gasteiger partial charge in [0.05, 0.1) is 5.56 Å². The summed E-state index contributed by atoms with van der Waals surface area (Å²) in [5, 5.41) is 1.22. The van der Waals surface area contributed by atoms with Crippen LogP contribution in [0.4, 0.5) is 0 Å². The molecular formula is C14H10Cl2O2. The lowest BCUT2D eigenvalue weighted by Crippen LogP contribution is -2.08. The maximum atomic E-state index is 11.9. The normalized spacial score (nSPS) is 10.2. The maximum Gasteiger partial charge on any atom is 0.343 e. The van der Waals surface area contributed by atoms with Crippen LogP contribution < -0.4 is 4.74 Å². The zero-order chi connectivity index (χ0) is 13.1. The lowest BCUT2D eigenvalue weighted by Gasteiger charge is -2.05. The molecule has 0 spiro atoms. The first-order valence-corrected chi connectivity index (χ1v) is 6.06. The van der Waals surface area contributed by atoms with E-state index in [0.29, 0.717) is 21.4 Å². The van der Waals surface area contributed by atoms with Crippen molar-refractivity contribution < 1.29 is 9.53 Å². The van der Waals surface area contributed by atoms with Crippen molar-refractivity contribution in [2.24, 2.45) is 0 Å². The highest BCUT2D eigenvalue weighted by Gasteiger charge is 2.09. The Morgan fingerprint density at radius 3 is 2.33 bits per heavy atom. The van der Waals surface area contributed by atoms with E-state index >= 15 is 0 Å². The van der Waals surface area contributed by atoms with Crippen LogP contribution in [0.15, 0.2) is 42.5 Å². The third-order valence-corrected chi connectivity index (χ3v) is 3.09. The van der Waals surface area contributed by atoms with Crippen LogP contribution in [0.3, 0.4) is 0 Å². The first kappa shape index (κ1) is 12.9. The van der Waals surface area contributed by atoms with Crippen molar-refractivity contribution in [2.75, 3.05) is 0 Å². The zero-order valence-electron chi connectivity index (χ0n) is 9.61. The van der Waals surface area contributed by atoms with Crippen LogP contribution >= 0.6 is 23.2 Å². The Morgan fingerprint density at radius 2 is 1.72 bits per heavy atom. The average molecular weight is 281 g/mol. The SMILES string of the molecule is Cc1cc(C(=O)Oc2ccc(Cl)cc2)ccc1Cl. The Labute approximate surface area is 115 Å². The molecule has 4 heteroatoms. The zero-order valence-corrected chi connectivity index (χ0v) is 11.1. The second-order valence-electron chi connectivity index (χ2n) is 3.81. The minimum atomic E-state index is -0.419. The number of benzene rings is 2. The lowest BCUT2D eigenvalue weighted by molar-refractivity contribution is 0.0734. The van der Waals surface area contributed by atoms with Gasteiger partial charge in [-0.3, -0.25) is 0 Å². The minimum Gasteiger partial charge on any atom is -0.423 e. The fraction of sp³-hybridized carbons (Fsp3) is 0.0714. The molecule has 0 amide bonds. The molecule has 0 N–H and O–H groups in total. The van der Waals surface area contributed by atoms with Crippen LogP contribution in [0.2, 0.25) is 10.0 Å². The van der Waals surface area contributed by atoms with E-state index in [-0.39, 0.29) is 0 Å². The molecular weight excluding hydrogens is 271 g/mol. The fourth-order valence-corrected chi connectivity index (χ4v) is 1.68. The number of ether oxygens (including phenoxy) is 1. The summed E-state index contributed by atoms with van der Waals surface area (Å²) in [6, 6.07) is 11.6. The highest BCUT2D eigenvalue weighted by atomic mass is 35.5. The number of carbonyl (C=O) groups excluding carboxylic acids is 1. The molecule has 2 aromatic carbocycles. The predicted octanol–water partition coefficient (Wildman–Crippen LogP) is 4.52. The number of rotatable bonds is 2. The molecule has 0 unspecified atom stereocenters. The van der Waals surface area contributed by atoms with Crippen molar-refractivity contribution in [1.29, 1.82) is 0 Å². The standard InChI is InChI=1S/C14H10Cl2O2/c1-9-8-10(2-7-13(9)16)14(17)18-12-5-3-11(15)4-6-12/h2-8H,1H3. The Bertz CT molecular complexity index is 577. The van der Waals surface area contributed by atoms with Gasteiger partial charge in [0.1, 0.15) is 5.75 Å². The molecule has 2 nitrogen and oxygen atoms in total. The van der Waals surface area contributed by atoms with Crippen LogP contribution in [-0.4, -0.2) is 5.97 Å². The molecule has 92 valence electrons. The maximum absolute atomic E-state index is 11.9. The van der Waals surface area contributed by atoms with Crippen LogP contribution in [0, 0.1) is 6.92 Å². The molecule has 0 radical (unpaired) electrons. The molecule has 0 aliphatic carbocycles. The van der Waals surface area contributed by atoms with Gasteiger partial charge in [-0.25, -0.2) is 4.79 Å². The van der Waals surface area contributed by atoms with Crippen LogP contribution in [0.25, 0.3) is 0 Å². The van der Waals surface area contributed by atoms with Gasteiger partial charge < -0.3 is 4.74 Å². The third kappa shape index (κ3) is 3.03. The van der Waals surface area contributed by atoms with E-state index in [1.54, 1.807) is 42.5 Å². The topological polar surface area (TPSA) is 26.3 Å². The lowest BCUT2D eigenvalue weighted by atomic mass is 10.1. The van der Waals surface area contributed by atoms with Gasteiger partial charge in [0.25, 0.3) is 0 Å². The van der Waals surface area contributed by atoms with Gasteiger partial charge in [-0.15, -0.1) is 0 Å². The second kappa shape index (κ2) is 5.42. The summed E-state index contributed by atoms with van der Waals surface area (Å²) in [4.78, 5) is 11.9. The molecule has 0 saturated carbocycles. The van der Waals surface area contributed by atoms with Crippen molar-refractivity contribution in [3.05, 3.63) is 63.6 Å². The Hall–Kier alpha value is -1.51. The summed E-state index contributed by atoms with van der Waals surface area (Å²) >= 11 is 11.6. The van der Waals surface area contributed by atoms with E-state index in [0.717, 1.165) is 5.56 Å². The number of esters is 1. The Morgan fingerprint density at radius 1 is 1.06 bits per heavy atom. The first-order chi connectivity index (χ1) is 8.56. The van der Waals surface area contributed by atoms with Crippen LogP contribution in [0.5, 0.6) is 5.75 Å². The number of halogens is 2. The van der Waals surface area contributed by atoms with Crippen molar-refractivity contribution in [1.82, 2.24) is 0 Å². The molecule has 0 fully saturated rings. The molecule has 0 aromatic heterocycles. The molecule has 0 saturated heterocycles. The molecule has 18 heavy (non-hydrogen) atoms. The molecule has 0 aliphatic heterocycles. The monoisotopic (exact) mass is 280 g/mol. The van der Waals surface area contributed by atoms with Gasteiger partial charge >= 0.3 is 5.97 Å². The summed E-state index contributed by atoms with van der Waals surface area (Å²) < 4.78 is 5.21. The van der Waals surface area contributed by atoms with Crippen molar-refractivity contribution in [3.63, 3.8) is 0 Å². The average Bonchev–Trinajstić information content (AvgIpc) is 2.35. The van der Waals surface area contributed by atoms with Gasteiger partial charge in [0, 0.05) is 10.0 Å². The second-order valence-corrected chi connectivity index (χ2v) is 4.65. The van der Waals surface area contributed by atoms with Gasteiger partial charge in [-0.2, -0.15) is 0 Å². The predicted molar refractivity (Wildman–Crippen MR) is 72.6 cm³/mol. The van der Waals surface area contributed by atoms with Crippen molar-refractivity contribution in [3.8, 4) is 5.75 Å². The molecule has 2 aromatic rings. The Balaban J connectivity index is 2.16. The quantitative estimate of drug-likeness (QED) is 0.597. The van der Waals surface area contributed by atoms with E-state index < -0.39 is 5.97 Å². The van der Waals surface area contributed by atoms with Gasteiger partial charge in [-0.05, 0) is 55.0 Å². The number of aryl methyl sites for hydroxylation is 1. The summed E-state index contributed by atoms with van der Waals surface area (Å²) in [5.74, 6) is 0.0362. The van der Waals surface area contributed by atoms with E-state index in [2.05, 4.69) is 0 Å². The van der Waals surface area contributed by atoms with E-state index in [4.69, 9.17) is 27.9 Å². The van der Waals surface area contributed by atoms with Gasteiger partial charge in [0.2, 0.25) is 0 Å². The highest BCUT2D eigenvalue weighted by molar-refractivity contribution is 6.31. The number of hydrogen-bond donors (Lipinski definition) is 0. The van der Waals surface area contributed by atoms with E-state index in [1.165, 1.54) is 0 Å². The van der Waals surface area contributed by atoms with Crippen molar-refractivity contribution >= 4 is 29.2 Å². The molecule has 0 atom stereocenters. The van der Waals surface area contributed by atoms with Gasteiger partial charge in [0.15, 0.2) is 0 Å². The molecule has 0 aliphatic rings. The molecule has 0 bridgehead atoms. The molecule has 2 rings (SSSR count).